The maximum absolute atomic E-state index is 13.8. The molecule has 9 heteroatoms. The maximum atomic E-state index is 13.8. The van der Waals surface area contributed by atoms with Gasteiger partial charge in [0.25, 0.3) is 0 Å². The number of aliphatic hydroxyl groups is 1. The molecule has 0 aromatic heterocycles. The molecule has 0 radical (unpaired) electrons. The number of hydrogen-bond donors (Lipinski definition) is 1. The molecule has 2 aromatic rings. The van der Waals surface area contributed by atoms with Gasteiger partial charge in [-0.05, 0) is 51.0 Å². The van der Waals surface area contributed by atoms with E-state index in [0.717, 1.165) is 11.1 Å². The topological polar surface area (TPSA) is 95.0 Å². The smallest absolute Gasteiger partial charge is 0.244 e. The van der Waals surface area contributed by atoms with Crippen LogP contribution in [-0.4, -0.2) is 61.3 Å². The lowest BCUT2D eigenvalue weighted by molar-refractivity contribution is 0.190. The fourth-order valence-electron chi connectivity index (χ4n) is 4.73. The van der Waals surface area contributed by atoms with E-state index in [-0.39, 0.29) is 29.2 Å². The third kappa shape index (κ3) is 5.26. The second-order valence-electron chi connectivity index (χ2n) is 9.34. The van der Waals surface area contributed by atoms with E-state index < -0.39 is 44.3 Å². The van der Waals surface area contributed by atoms with Crippen molar-refractivity contribution in [3.05, 3.63) is 96.6 Å². The SMILES string of the molecule is C=CCN(C1C=CC(N(C2C=CC(O)C2)S(=O)(=O)c2ccc(C)cc2)C1)S(=O)(=O)c1ccc(C)cc1. The summed E-state index contributed by atoms with van der Waals surface area (Å²) in [6.45, 7) is 7.59. The van der Waals surface area contributed by atoms with Crippen LogP contribution in [0.3, 0.4) is 0 Å². The fourth-order valence-corrected chi connectivity index (χ4v) is 8.05. The molecule has 0 heterocycles. The molecular weight excluding hydrogens is 496 g/mol. The molecule has 0 saturated carbocycles. The molecule has 4 rings (SSSR count). The van der Waals surface area contributed by atoms with Gasteiger partial charge in [0.2, 0.25) is 20.0 Å². The number of sulfonamides is 2. The Balaban J connectivity index is 1.66. The van der Waals surface area contributed by atoms with Gasteiger partial charge in [0.15, 0.2) is 0 Å². The van der Waals surface area contributed by atoms with Crippen molar-refractivity contribution in [2.45, 2.75) is 60.7 Å². The zero-order valence-electron chi connectivity index (χ0n) is 20.4. The highest BCUT2D eigenvalue weighted by molar-refractivity contribution is 7.89. The number of aliphatic hydroxyl groups excluding tert-OH is 1. The highest BCUT2D eigenvalue weighted by atomic mass is 32.2. The Morgan fingerprint density at radius 2 is 1.25 bits per heavy atom. The highest BCUT2D eigenvalue weighted by Crippen LogP contribution is 2.34. The molecule has 4 atom stereocenters. The Labute approximate surface area is 214 Å². The minimum absolute atomic E-state index is 0.0880. The van der Waals surface area contributed by atoms with Crippen LogP contribution in [0.5, 0.6) is 0 Å². The monoisotopic (exact) mass is 528 g/mol. The standard InChI is InChI=1S/C27H32N2O5S2/c1-4-17-28(35(31,32)26-13-5-20(2)6-14-26)22-9-10-23(18-22)29(24-11-12-25(30)19-24)36(33,34)27-15-7-21(3)8-16-27/h4-16,22-25,30H,1,17-19H2,2-3H3. The predicted molar refractivity (Wildman–Crippen MR) is 140 cm³/mol. The molecular formula is C27H32N2O5S2. The summed E-state index contributed by atoms with van der Waals surface area (Å²) in [5.41, 5.74) is 1.90. The Morgan fingerprint density at radius 3 is 1.75 bits per heavy atom. The molecule has 1 N–H and O–H groups in total. The lowest BCUT2D eigenvalue weighted by Gasteiger charge is -2.34. The van der Waals surface area contributed by atoms with E-state index in [1.807, 2.05) is 13.8 Å². The van der Waals surface area contributed by atoms with Gasteiger partial charge in [0.05, 0.1) is 15.9 Å². The minimum Gasteiger partial charge on any atom is -0.389 e. The van der Waals surface area contributed by atoms with Crippen LogP contribution in [0, 0.1) is 13.8 Å². The Bertz CT molecular complexity index is 1360. The number of rotatable bonds is 9. The molecule has 2 aliphatic rings. The van der Waals surface area contributed by atoms with Crippen LogP contribution < -0.4 is 0 Å². The molecule has 0 aliphatic heterocycles. The molecule has 192 valence electrons. The van der Waals surface area contributed by atoms with Crippen molar-refractivity contribution < 1.29 is 21.9 Å². The quantitative estimate of drug-likeness (QED) is 0.502. The molecule has 36 heavy (non-hydrogen) atoms. The number of benzene rings is 2. The third-order valence-electron chi connectivity index (χ3n) is 6.63. The third-order valence-corrected chi connectivity index (χ3v) is 10.5. The first kappa shape index (κ1) is 26.5. The van der Waals surface area contributed by atoms with Gasteiger partial charge < -0.3 is 5.11 Å². The number of aryl methyl sites for hydroxylation is 2. The molecule has 4 unspecified atom stereocenters. The lowest BCUT2D eigenvalue weighted by atomic mass is 10.1. The summed E-state index contributed by atoms with van der Waals surface area (Å²) in [6, 6.07) is 11.6. The molecule has 7 nitrogen and oxygen atoms in total. The largest absolute Gasteiger partial charge is 0.389 e. The van der Waals surface area contributed by atoms with Crippen molar-refractivity contribution in [2.24, 2.45) is 0 Å². The van der Waals surface area contributed by atoms with Crippen molar-refractivity contribution in [3.8, 4) is 0 Å². The van der Waals surface area contributed by atoms with Crippen LogP contribution in [0.15, 0.2) is 95.3 Å². The van der Waals surface area contributed by atoms with E-state index in [0.29, 0.717) is 0 Å². The first-order valence-corrected chi connectivity index (χ1v) is 14.8. The van der Waals surface area contributed by atoms with Crippen molar-refractivity contribution in [1.82, 2.24) is 8.61 Å². The van der Waals surface area contributed by atoms with Crippen molar-refractivity contribution >= 4 is 20.0 Å². The van der Waals surface area contributed by atoms with E-state index in [9.17, 15) is 21.9 Å². The van der Waals surface area contributed by atoms with Gasteiger partial charge in [-0.25, -0.2) is 16.8 Å². The zero-order valence-corrected chi connectivity index (χ0v) is 22.1. The second-order valence-corrected chi connectivity index (χ2v) is 13.1. The second kappa shape index (κ2) is 10.4. The van der Waals surface area contributed by atoms with Crippen molar-refractivity contribution in [1.29, 1.82) is 0 Å². The fraction of sp³-hybridized carbons (Fsp3) is 0.333. The molecule has 2 aromatic carbocycles. The number of nitrogens with zero attached hydrogens (tertiary/aromatic N) is 2. The van der Waals surface area contributed by atoms with E-state index in [2.05, 4.69) is 6.58 Å². The summed E-state index contributed by atoms with van der Waals surface area (Å²) in [5, 5.41) is 10.1. The Morgan fingerprint density at radius 1 is 0.778 bits per heavy atom. The Kier molecular flexibility index (Phi) is 7.68. The van der Waals surface area contributed by atoms with Crippen LogP contribution in [0.25, 0.3) is 0 Å². The lowest BCUT2D eigenvalue weighted by Crippen LogP contribution is -2.47. The molecule has 0 fully saturated rings. The first-order chi connectivity index (χ1) is 17.0. The molecule has 0 bridgehead atoms. The average molecular weight is 529 g/mol. The van der Waals surface area contributed by atoms with Crippen molar-refractivity contribution in [3.63, 3.8) is 0 Å². The highest BCUT2D eigenvalue weighted by Gasteiger charge is 2.42. The van der Waals surface area contributed by atoms with Gasteiger partial charge in [0.1, 0.15) is 0 Å². The van der Waals surface area contributed by atoms with Crippen LogP contribution in [0.2, 0.25) is 0 Å². The van der Waals surface area contributed by atoms with E-state index >= 15 is 0 Å². The van der Waals surface area contributed by atoms with Gasteiger partial charge in [-0.2, -0.15) is 8.61 Å². The van der Waals surface area contributed by atoms with Gasteiger partial charge in [-0.15, -0.1) is 6.58 Å². The summed E-state index contributed by atoms with van der Waals surface area (Å²) in [7, 11) is -7.77. The van der Waals surface area contributed by atoms with E-state index in [1.165, 1.54) is 14.7 Å². The van der Waals surface area contributed by atoms with E-state index in [1.54, 1.807) is 72.8 Å². The van der Waals surface area contributed by atoms with E-state index in [4.69, 9.17) is 0 Å². The van der Waals surface area contributed by atoms with Crippen LogP contribution in [-0.2, 0) is 20.0 Å². The van der Waals surface area contributed by atoms with Crippen LogP contribution in [0.1, 0.15) is 24.0 Å². The van der Waals surface area contributed by atoms with Gasteiger partial charge in [-0.1, -0.05) is 65.8 Å². The average Bonchev–Trinajstić information content (AvgIpc) is 3.47. The van der Waals surface area contributed by atoms with Gasteiger partial charge >= 0.3 is 0 Å². The normalized spacial score (nSPS) is 24.1. The molecule has 2 aliphatic carbocycles. The number of hydrogen-bond acceptors (Lipinski definition) is 5. The zero-order chi connectivity index (χ0) is 26.1. The van der Waals surface area contributed by atoms with Gasteiger partial charge in [0, 0.05) is 24.7 Å². The maximum Gasteiger partial charge on any atom is 0.244 e. The first-order valence-electron chi connectivity index (χ1n) is 11.9. The minimum atomic E-state index is -3.93. The summed E-state index contributed by atoms with van der Waals surface area (Å²) in [6.07, 6.45) is 8.13. The summed E-state index contributed by atoms with van der Waals surface area (Å²) in [4.78, 5) is 0.341. The predicted octanol–water partition coefficient (Wildman–Crippen LogP) is 3.56. The summed E-state index contributed by atoms with van der Waals surface area (Å²) in [5.74, 6) is 0. The van der Waals surface area contributed by atoms with Crippen molar-refractivity contribution in [2.75, 3.05) is 6.54 Å². The summed E-state index contributed by atoms with van der Waals surface area (Å²) >= 11 is 0. The van der Waals surface area contributed by atoms with Crippen LogP contribution >= 0.6 is 0 Å². The van der Waals surface area contributed by atoms with Gasteiger partial charge in [-0.3, -0.25) is 0 Å². The van der Waals surface area contributed by atoms with Crippen LogP contribution in [0.4, 0.5) is 0 Å². The summed E-state index contributed by atoms with van der Waals surface area (Å²) < 4.78 is 57.4. The molecule has 0 spiro atoms. The molecule has 0 amide bonds. The molecule has 0 saturated heterocycles. The Hall–Kier alpha value is -2.56.